The average molecular weight is 320 g/mol. The first-order valence-corrected chi connectivity index (χ1v) is 6.72. The summed E-state index contributed by atoms with van der Waals surface area (Å²) in [7, 11) is 0. The third-order valence-electron chi connectivity index (χ3n) is 3.34. The lowest BCUT2D eigenvalue weighted by Crippen LogP contribution is -2.07. The molecule has 0 radical (unpaired) electrons. The summed E-state index contributed by atoms with van der Waals surface area (Å²) in [6.07, 6.45) is -4.44. The highest BCUT2D eigenvalue weighted by Crippen LogP contribution is 2.35. The molecule has 0 unspecified atom stereocenters. The first-order valence-electron chi connectivity index (χ1n) is 6.72. The van der Waals surface area contributed by atoms with Crippen molar-refractivity contribution in [1.29, 1.82) is 0 Å². The van der Waals surface area contributed by atoms with Crippen LogP contribution in [0.5, 0.6) is 11.5 Å². The molecule has 0 aliphatic rings. The Labute approximate surface area is 128 Å². The normalized spacial score (nSPS) is 11.7. The Morgan fingerprint density at radius 1 is 0.957 bits per heavy atom. The fourth-order valence-electron chi connectivity index (χ4n) is 2.21. The summed E-state index contributed by atoms with van der Waals surface area (Å²) in [6.45, 7) is 1.39. The molecule has 6 heteroatoms. The van der Waals surface area contributed by atoms with Crippen LogP contribution in [0.1, 0.15) is 11.1 Å². The fourth-order valence-corrected chi connectivity index (χ4v) is 2.21. The predicted octanol–water partition coefficient (Wildman–Crippen LogP) is 4.91. The average Bonchev–Trinajstić information content (AvgIpc) is 2.47. The van der Waals surface area contributed by atoms with Gasteiger partial charge in [-0.25, -0.2) is 4.79 Å². The van der Waals surface area contributed by atoms with E-state index in [0.29, 0.717) is 11.0 Å². The number of hydrogen-bond acceptors (Lipinski definition) is 3. The Hall–Kier alpha value is -2.76. The van der Waals surface area contributed by atoms with E-state index >= 15 is 0 Å². The lowest BCUT2D eigenvalue weighted by molar-refractivity contribution is -0.138. The Morgan fingerprint density at radius 3 is 2.35 bits per heavy atom. The van der Waals surface area contributed by atoms with Gasteiger partial charge in [0.1, 0.15) is 17.1 Å². The van der Waals surface area contributed by atoms with E-state index in [9.17, 15) is 18.0 Å². The summed E-state index contributed by atoms with van der Waals surface area (Å²) < 4.78 is 49.2. The molecule has 3 rings (SSSR count). The summed E-state index contributed by atoms with van der Waals surface area (Å²) in [5, 5.41) is 0.692. The van der Waals surface area contributed by atoms with Gasteiger partial charge in [-0.1, -0.05) is 6.07 Å². The molecule has 0 amide bonds. The van der Waals surface area contributed by atoms with Gasteiger partial charge < -0.3 is 9.15 Å². The van der Waals surface area contributed by atoms with E-state index in [2.05, 4.69) is 0 Å². The molecule has 2 aromatic carbocycles. The number of ether oxygens (including phenoxy) is 1. The van der Waals surface area contributed by atoms with Crippen LogP contribution in [0.25, 0.3) is 11.0 Å². The summed E-state index contributed by atoms with van der Waals surface area (Å²) >= 11 is 0. The maximum atomic E-state index is 12.9. The Morgan fingerprint density at radius 2 is 1.61 bits per heavy atom. The fraction of sp³-hybridized carbons (Fsp3) is 0.118. The molecule has 0 atom stereocenters. The van der Waals surface area contributed by atoms with Gasteiger partial charge in [-0.2, -0.15) is 13.2 Å². The van der Waals surface area contributed by atoms with Crippen molar-refractivity contribution in [1.82, 2.24) is 0 Å². The maximum Gasteiger partial charge on any atom is 0.416 e. The maximum absolute atomic E-state index is 12.9. The van der Waals surface area contributed by atoms with Crippen molar-refractivity contribution in [3.05, 3.63) is 70.1 Å². The molecule has 0 bridgehead atoms. The van der Waals surface area contributed by atoms with Crippen LogP contribution in [-0.2, 0) is 6.18 Å². The van der Waals surface area contributed by atoms with Crippen LogP contribution in [0.3, 0.4) is 0 Å². The number of alkyl halides is 3. The van der Waals surface area contributed by atoms with E-state index in [1.54, 1.807) is 18.2 Å². The van der Waals surface area contributed by atoms with Crippen molar-refractivity contribution in [2.45, 2.75) is 13.1 Å². The van der Waals surface area contributed by atoms with Crippen LogP contribution in [0, 0.1) is 6.92 Å². The zero-order valence-electron chi connectivity index (χ0n) is 12.0. The SMILES string of the molecule is Cc1ccc(Oc2ccc3ccc(=O)oc3c2)cc1C(F)(F)F. The molecule has 23 heavy (non-hydrogen) atoms. The monoisotopic (exact) mass is 320 g/mol. The van der Waals surface area contributed by atoms with Crippen LogP contribution in [-0.4, -0.2) is 0 Å². The lowest BCUT2D eigenvalue weighted by Gasteiger charge is -2.13. The van der Waals surface area contributed by atoms with Crippen molar-refractivity contribution in [3.8, 4) is 11.5 Å². The van der Waals surface area contributed by atoms with Gasteiger partial charge in [-0.15, -0.1) is 0 Å². The molecule has 0 saturated carbocycles. The van der Waals surface area contributed by atoms with Gasteiger partial charge in [0.15, 0.2) is 0 Å². The molecular formula is C17H11F3O3. The molecule has 118 valence electrons. The Bertz CT molecular complexity index is 926. The smallest absolute Gasteiger partial charge is 0.416 e. The summed E-state index contributed by atoms with van der Waals surface area (Å²) in [5.74, 6) is 0.337. The van der Waals surface area contributed by atoms with Gasteiger partial charge >= 0.3 is 11.8 Å². The molecule has 0 spiro atoms. The number of benzene rings is 2. The zero-order chi connectivity index (χ0) is 16.6. The number of fused-ring (bicyclic) bond motifs is 1. The van der Waals surface area contributed by atoms with E-state index in [1.165, 1.54) is 31.2 Å². The zero-order valence-corrected chi connectivity index (χ0v) is 12.0. The molecule has 3 aromatic rings. The molecule has 1 aromatic heterocycles. The minimum Gasteiger partial charge on any atom is -0.457 e. The van der Waals surface area contributed by atoms with Crippen LogP contribution in [0.2, 0.25) is 0 Å². The molecular weight excluding hydrogens is 309 g/mol. The minimum atomic E-state index is -4.44. The van der Waals surface area contributed by atoms with Crippen molar-refractivity contribution in [2.75, 3.05) is 0 Å². The van der Waals surface area contributed by atoms with E-state index in [-0.39, 0.29) is 17.1 Å². The molecule has 0 N–H and O–H groups in total. The minimum absolute atomic E-state index is 0.0561. The van der Waals surface area contributed by atoms with Crippen molar-refractivity contribution in [2.24, 2.45) is 0 Å². The Balaban J connectivity index is 1.97. The van der Waals surface area contributed by atoms with Crippen molar-refractivity contribution in [3.63, 3.8) is 0 Å². The van der Waals surface area contributed by atoms with Gasteiger partial charge in [0.25, 0.3) is 0 Å². The molecule has 0 aliphatic carbocycles. The summed E-state index contributed by atoms with van der Waals surface area (Å²) in [6, 6.07) is 11.3. The van der Waals surface area contributed by atoms with Gasteiger partial charge in [0, 0.05) is 17.5 Å². The van der Waals surface area contributed by atoms with Gasteiger partial charge in [0.2, 0.25) is 0 Å². The topological polar surface area (TPSA) is 39.4 Å². The van der Waals surface area contributed by atoms with Crippen molar-refractivity contribution >= 4 is 11.0 Å². The highest BCUT2D eigenvalue weighted by atomic mass is 19.4. The first-order chi connectivity index (χ1) is 10.8. The Kier molecular flexibility index (Phi) is 3.60. The molecule has 1 heterocycles. The first kappa shape index (κ1) is 15.1. The van der Waals surface area contributed by atoms with Gasteiger partial charge in [-0.3, -0.25) is 0 Å². The lowest BCUT2D eigenvalue weighted by atomic mass is 10.1. The molecule has 0 fully saturated rings. The third kappa shape index (κ3) is 3.21. The molecule has 0 saturated heterocycles. The third-order valence-corrected chi connectivity index (χ3v) is 3.34. The van der Waals surface area contributed by atoms with Crippen LogP contribution >= 0.6 is 0 Å². The van der Waals surface area contributed by atoms with Crippen LogP contribution in [0.4, 0.5) is 13.2 Å². The molecule has 3 nitrogen and oxygen atoms in total. The quantitative estimate of drug-likeness (QED) is 0.630. The van der Waals surface area contributed by atoms with Gasteiger partial charge in [-0.05, 0) is 42.8 Å². The highest BCUT2D eigenvalue weighted by molar-refractivity contribution is 5.77. The second-order valence-electron chi connectivity index (χ2n) is 5.03. The van der Waals surface area contributed by atoms with Crippen LogP contribution < -0.4 is 10.4 Å². The predicted molar refractivity (Wildman–Crippen MR) is 78.7 cm³/mol. The number of hydrogen-bond donors (Lipinski definition) is 0. The molecule has 0 aliphatic heterocycles. The van der Waals surface area contributed by atoms with Crippen molar-refractivity contribution < 1.29 is 22.3 Å². The van der Waals surface area contributed by atoms with E-state index in [1.807, 2.05) is 0 Å². The number of aryl methyl sites for hydroxylation is 1. The van der Waals surface area contributed by atoms with E-state index in [4.69, 9.17) is 9.15 Å². The van der Waals surface area contributed by atoms with E-state index < -0.39 is 17.4 Å². The standard InChI is InChI=1S/C17H11F3O3/c1-10-2-5-12(8-14(10)17(18,19)20)22-13-6-3-11-4-7-16(21)23-15(11)9-13/h2-9H,1H3. The second kappa shape index (κ2) is 5.46. The second-order valence-corrected chi connectivity index (χ2v) is 5.03. The highest BCUT2D eigenvalue weighted by Gasteiger charge is 2.32. The van der Waals surface area contributed by atoms with E-state index in [0.717, 1.165) is 6.07 Å². The largest absolute Gasteiger partial charge is 0.457 e. The summed E-state index contributed by atoms with van der Waals surface area (Å²) in [4.78, 5) is 11.2. The van der Waals surface area contributed by atoms with Crippen LogP contribution in [0.15, 0.2) is 57.7 Å². The number of rotatable bonds is 2. The number of halogens is 3. The summed E-state index contributed by atoms with van der Waals surface area (Å²) in [5.41, 5.74) is -0.834. The van der Waals surface area contributed by atoms with Gasteiger partial charge in [0.05, 0.1) is 5.56 Å².